The van der Waals surface area contributed by atoms with Crippen LogP contribution in [0.3, 0.4) is 0 Å². The van der Waals surface area contributed by atoms with Crippen molar-refractivity contribution >= 4 is 17.7 Å². The quantitative estimate of drug-likeness (QED) is 0.723. The zero-order valence-corrected chi connectivity index (χ0v) is 12.0. The molecule has 0 radical (unpaired) electrons. The summed E-state index contributed by atoms with van der Waals surface area (Å²) in [5.74, 6) is 0.924. The first kappa shape index (κ1) is 15.8. The molecule has 96 valence electrons. The van der Waals surface area contributed by atoms with Gasteiger partial charge >= 0.3 is 0 Å². The van der Waals surface area contributed by atoms with E-state index in [1.807, 2.05) is 20.8 Å². The number of nitrogens with two attached hydrogens (primary N) is 1. The molecule has 0 heterocycles. The lowest BCUT2D eigenvalue weighted by molar-refractivity contribution is -0.121. The second-order valence-electron chi connectivity index (χ2n) is 4.96. The van der Waals surface area contributed by atoms with E-state index in [1.54, 1.807) is 11.8 Å². The van der Waals surface area contributed by atoms with Crippen molar-refractivity contribution < 1.29 is 4.79 Å². The molecule has 4 heteroatoms. The third-order valence-electron chi connectivity index (χ3n) is 2.41. The second kappa shape index (κ2) is 7.17. The lowest BCUT2D eigenvalue weighted by Crippen LogP contribution is -2.40. The fraction of sp³-hybridized carbons (Fsp3) is 0.917. The molecular formula is C12H26N2OS. The molecule has 0 saturated carbocycles. The van der Waals surface area contributed by atoms with Gasteiger partial charge in [0, 0.05) is 17.3 Å². The number of carbonyl (C=O) groups is 1. The van der Waals surface area contributed by atoms with Gasteiger partial charge in [-0.2, -0.15) is 0 Å². The summed E-state index contributed by atoms with van der Waals surface area (Å²) in [7, 11) is 0. The van der Waals surface area contributed by atoms with Crippen LogP contribution in [0, 0.1) is 0 Å². The molecule has 0 rings (SSSR count). The van der Waals surface area contributed by atoms with Crippen molar-refractivity contribution in [1.82, 2.24) is 5.32 Å². The predicted molar refractivity (Wildman–Crippen MR) is 72.7 cm³/mol. The summed E-state index contributed by atoms with van der Waals surface area (Å²) in [5.41, 5.74) is 5.67. The molecule has 0 fully saturated rings. The molecular weight excluding hydrogens is 220 g/mol. The molecule has 0 aromatic carbocycles. The van der Waals surface area contributed by atoms with Gasteiger partial charge in [0.05, 0.1) is 5.25 Å². The van der Waals surface area contributed by atoms with Crippen LogP contribution in [0.4, 0.5) is 0 Å². The van der Waals surface area contributed by atoms with Crippen molar-refractivity contribution in [3.63, 3.8) is 0 Å². The summed E-state index contributed by atoms with van der Waals surface area (Å²) in [6, 6.07) is 0.307. The lowest BCUT2D eigenvalue weighted by atomic mass is 10.1. The Labute approximate surface area is 104 Å². The second-order valence-corrected chi connectivity index (χ2v) is 6.29. The number of nitrogens with one attached hydrogen (secondary N) is 1. The Morgan fingerprint density at radius 3 is 2.25 bits per heavy atom. The first-order valence-corrected chi connectivity index (χ1v) is 7.05. The third kappa shape index (κ3) is 7.12. The van der Waals surface area contributed by atoms with E-state index in [2.05, 4.69) is 19.2 Å². The minimum absolute atomic E-state index is 0.0246. The Morgan fingerprint density at radius 2 is 1.88 bits per heavy atom. The number of hydrogen-bond donors (Lipinski definition) is 2. The van der Waals surface area contributed by atoms with Gasteiger partial charge in [-0.25, -0.2) is 0 Å². The van der Waals surface area contributed by atoms with Gasteiger partial charge in [0.15, 0.2) is 0 Å². The first-order chi connectivity index (χ1) is 7.30. The largest absolute Gasteiger partial charge is 0.352 e. The van der Waals surface area contributed by atoms with Crippen molar-refractivity contribution in [1.29, 1.82) is 0 Å². The average molecular weight is 246 g/mol. The van der Waals surface area contributed by atoms with Crippen molar-refractivity contribution in [2.75, 3.05) is 5.75 Å². The highest BCUT2D eigenvalue weighted by Gasteiger charge is 2.19. The van der Waals surface area contributed by atoms with Crippen LogP contribution in [0.5, 0.6) is 0 Å². The number of carbonyl (C=O) groups excluding carboxylic acids is 1. The Balaban J connectivity index is 3.99. The van der Waals surface area contributed by atoms with E-state index in [9.17, 15) is 4.79 Å². The molecule has 0 aliphatic rings. The van der Waals surface area contributed by atoms with E-state index in [-0.39, 0.29) is 16.7 Å². The van der Waals surface area contributed by atoms with Crippen LogP contribution in [-0.2, 0) is 4.79 Å². The summed E-state index contributed by atoms with van der Waals surface area (Å²) < 4.78 is 0. The Hall–Kier alpha value is -0.220. The Morgan fingerprint density at radius 1 is 1.38 bits per heavy atom. The summed E-state index contributed by atoms with van der Waals surface area (Å²) in [6.07, 6.45) is 1.98. The van der Waals surface area contributed by atoms with E-state index in [1.165, 1.54) is 0 Å². The molecule has 1 amide bonds. The van der Waals surface area contributed by atoms with Crippen LogP contribution < -0.4 is 11.1 Å². The van der Waals surface area contributed by atoms with Crippen molar-refractivity contribution in [2.45, 2.75) is 64.3 Å². The highest BCUT2D eigenvalue weighted by molar-refractivity contribution is 8.00. The molecule has 1 atom stereocenters. The average Bonchev–Trinajstić information content (AvgIpc) is 2.20. The number of thioether (sulfide) groups is 1. The molecule has 0 saturated heterocycles. The minimum Gasteiger partial charge on any atom is -0.352 e. The van der Waals surface area contributed by atoms with Gasteiger partial charge in [-0.15, -0.1) is 11.8 Å². The van der Waals surface area contributed by atoms with Gasteiger partial charge in [-0.3, -0.25) is 4.79 Å². The molecule has 3 nitrogen and oxygen atoms in total. The highest BCUT2D eigenvalue weighted by Crippen LogP contribution is 2.16. The van der Waals surface area contributed by atoms with Crippen LogP contribution in [0.2, 0.25) is 0 Å². The maximum absolute atomic E-state index is 11.8. The van der Waals surface area contributed by atoms with Gasteiger partial charge in [-0.1, -0.05) is 13.8 Å². The van der Waals surface area contributed by atoms with Crippen LogP contribution in [0.15, 0.2) is 0 Å². The number of rotatable bonds is 7. The molecule has 1 unspecified atom stereocenters. The van der Waals surface area contributed by atoms with E-state index in [0.29, 0.717) is 6.04 Å². The van der Waals surface area contributed by atoms with Gasteiger partial charge in [0.1, 0.15) is 0 Å². The summed E-state index contributed by atoms with van der Waals surface area (Å²) in [5, 5.41) is 3.03. The number of hydrogen-bond acceptors (Lipinski definition) is 3. The SMILES string of the molecule is CCC(CC)NC(=O)C(C)SCC(C)(C)N. The normalized spacial score (nSPS) is 13.9. The van der Waals surface area contributed by atoms with Crippen molar-refractivity contribution in [3.8, 4) is 0 Å². The number of amides is 1. The zero-order valence-electron chi connectivity index (χ0n) is 11.2. The third-order valence-corrected chi connectivity index (χ3v) is 4.03. The van der Waals surface area contributed by atoms with E-state index in [0.717, 1.165) is 18.6 Å². The van der Waals surface area contributed by atoms with Crippen LogP contribution in [0.25, 0.3) is 0 Å². The maximum atomic E-state index is 11.8. The molecule has 0 aliphatic heterocycles. The lowest BCUT2D eigenvalue weighted by Gasteiger charge is -2.22. The molecule has 16 heavy (non-hydrogen) atoms. The van der Waals surface area contributed by atoms with Crippen LogP contribution >= 0.6 is 11.8 Å². The maximum Gasteiger partial charge on any atom is 0.233 e. The molecule has 0 aliphatic carbocycles. The minimum atomic E-state index is -0.214. The predicted octanol–water partition coefficient (Wildman–Crippen LogP) is 2.15. The monoisotopic (exact) mass is 246 g/mol. The van der Waals surface area contributed by atoms with Gasteiger partial charge in [0.2, 0.25) is 5.91 Å². The zero-order chi connectivity index (χ0) is 12.8. The highest BCUT2D eigenvalue weighted by atomic mass is 32.2. The molecule has 0 spiro atoms. The Bertz CT molecular complexity index is 210. The summed E-state index contributed by atoms with van der Waals surface area (Å²) >= 11 is 1.62. The topological polar surface area (TPSA) is 55.1 Å². The van der Waals surface area contributed by atoms with Crippen LogP contribution in [0.1, 0.15) is 47.5 Å². The van der Waals surface area contributed by atoms with E-state index >= 15 is 0 Å². The first-order valence-electron chi connectivity index (χ1n) is 6.01. The van der Waals surface area contributed by atoms with Crippen molar-refractivity contribution in [2.24, 2.45) is 5.73 Å². The molecule has 0 aromatic heterocycles. The molecule has 0 aromatic rings. The summed E-state index contributed by atoms with van der Waals surface area (Å²) in [6.45, 7) is 10.1. The fourth-order valence-electron chi connectivity index (χ4n) is 1.23. The van der Waals surface area contributed by atoms with E-state index < -0.39 is 0 Å². The van der Waals surface area contributed by atoms with Crippen molar-refractivity contribution in [3.05, 3.63) is 0 Å². The van der Waals surface area contributed by atoms with Gasteiger partial charge < -0.3 is 11.1 Å². The Kier molecular flexibility index (Phi) is 7.07. The fourth-order valence-corrected chi connectivity index (χ4v) is 2.13. The van der Waals surface area contributed by atoms with Gasteiger partial charge in [0.25, 0.3) is 0 Å². The molecule has 3 N–H and O–H groups in total. The van der Waals surface area contributed by atoms with Gasteiger partial charge in [-0.05, 0) is 33.6 Å². The molecule has 0 bridgehead atoms. The standard InChI is InChI=1S/C12H26N2OS/c1-6-10(7-2)14-11(15)9(3)16-8-12(4,5)13/h9-10H,6-8,13H2,1-5H3,(H,14,15). The summed E-state index contributed by atoms with van der Waals surface area (Å²) in [4.78, 5) is 11.8. The van der Waals surface area contributed by atoms with Crippen LogP contribution in [-0.4, -0.2) is 28.5 Å². The smallest absolute Gasteiger partial charge is 0.233 e. The van der Waals surface area contributed by atoms with E-state index in [4.69, 9.17) is 5.73 Å².